The zero-order chi connectivity index (χ0) is 16.1. The van der Waals surface area contributed by atoms with Crippen LogP contribution in [0.4, 0.5) is 0 Å². The standard InChI is InChI=1S/C15H34N4O2.HI/c1-7-16-14(18-13-15(2,3)19(4)5)17-9-8-10-21-12-11-20-6;/h7-13H2,1-6H3,(H2,16,17,18);1H. The van der Waals surface area contributed by atoms with Gasteiger partial charge in [0.25, 0.3) is 0 Å². The molecule has 0 fully saturated rings. The highest BCUT2D eigenvalue weighted by atomic mass is 127. The Morgan fingerprint density at radius 2 is 1.82 bits per heavy atom. The molecular formula is C15H35IN4O2. The lowest BCUT2D eigenvalue weighted by Crippen LogP contribution is -2.44. The zero-order valence-corrected chi connectivity index (χ0v) is 17.4. The van der Waals surface area contributed by atoms with Crippen LogP contribution >= 0.6 is 24.0 Å². The molecule has 2 N–H and O–H groups in total. The monoisotopic (exact) mass is 430 g/mol. The number of guanidine groups is 1. The number of nitrogens with zero attached hydrogens (tertiary/aromatic N) is 2. The van der Waals surface area contributed by atoms with E-state index < -0.39 is 0 Å². The van der Waals surface area contributed by atoms with Crippen molar-refractivity contribution in [1.29, 1.82) is 0 Å². The molecule has 7 heteroatoms. The van der Waals surface area contributed by atoms with Crippen LogP contribution in [0.3, 0.4) is 0 Å². The first-order valence-corrected chi connectivity index (χ1v) is 7.70. The van der Waals surface area contributed by atoms with Crippen LogP contribution in [0.1, 0.15) is 27.2 Å². The summed E-state index contributed by atoms with van der Waals surface area (Å²) in [7, 11) is 5.83. The number of likely N-dealkylation sites (N-methyl/N-ethyl adjacent to an activating group) is 1. The van der Waals surface area contributed by atoms with E-state index in [1.807, 2.05) is 0 Å². The Morgan fingerprint density at radius 3 is 2.36 bits per heavy atom. The van der Waals surface area contributed by atoms with Crippen LogP contribution < -0.4 is 10.6 Å². The average Bonchev–Trinajstić information content (AvgIpc) is 2.43. The molecule has 0 aromatic rings. The van der Waals surface area contributed by atoms with Gasteiger partial charge in [-0.3, -0.25) is 4.99 Å². The van der Waals surface area contributed by atoms with Crippen molar-refractivity contribution in [1.82, 2.24) is 15.5 Å². The van der Waals surface area contributed by atoms with Gasteiger partial charge in [0.05, 0.1) is 19.8 Å². The molecule has 0 atom stereocenters. The average molecular weight is 430 g/mol. The van der Waals surface area contributed by atoms with Crippen LogP contribution in [0.15, 0.2) is 4.99 Å². The lowest BCUT2D eigenvalue weighted by molar-refractivity contribution is 0.0698. The van der Waals surface area contributed by atoms with Crippen molar-refractivity contribution in [3.05, 3.63) is 0 Å². The number of hydrogen-bond acceptors (Lipinski definition) is 4. The van der Waals surface area contributed by atoms with Crippen LogP contribution in [-0.4, -0.2) is 77.1 Å². The number of methoxy groups -OCH3 is 1. The van der Waals surface area contributed by atoms with Crippen LogP contribution in [0, 0.1) is 0 Å². The predicted octanol–water partition coefficient (Wildman–Crippen LogP) is 1.55. The summed E-state index contributed by atoms with van der Waals surface area (Å²) >= 11 is 0. The van der Waals surface area contributed by atoms with Crippen LogP contribution in [0.2, 0.25) is 0 Å². The summed E-state index contributed by atoms with van der Waals surface area (Å²) in [6.07, 6.45) is 0.950. The van der Waals surface area contributed by atoms with Crippen LogP contribution in [-0.2, 0) is 9.47 Å². The second-order valence-corrected chi connectivity index (χ2v) is 5.79. The highest BCUT2D eigenvalue weighted by Crippen LogP contribution is 2.09. The maximum atomic E-state index is 5.43. The Labute approximate surface area is 153 Å². The molecule has 0 amide bonds. The minimum Gasteiger partial charge on any atom is -0.382 e. The Hall–Kier alpha value is -0.120. The maximum absolute atomic E-state index is 5.43. The zero-order valence-electron chi connectivity index (χ0n) is 15.1. The summed E-state index contributed by atoms with van der Waals surface area (Å²) in [6, 6.07) is 0. The molecule has 0 saturated carbocycles. The van der Waals surface area contributed by atoms with Gasteiger partial charge in [0.15, 0.2) is 5.96 Å². The Bertz CT molecular complexity index is 287. The molecule has 0 radical (unpaired) electrons. The predicted molar refractivity (Wildman–Crippen MR) is 104 cm³/mol. The number of nitrogens with one attached hydrogen (secondary N) is 2. The molecule has 0 aromatic heterocycles. The van der Waals surface area contributed by atoms with Crippen LogP contribution in [0.5, 0.6) is 0 Å². The van der Waals surface area contributed by atoms with E-state index in [4.69, 9.17) is 9.47 Å². The third-order valence-corrected chi connectivity index (χ3v) is 3.37. The summed E-state index contributed by atoms with van der Waals surface area (Å²) in [5.74, 6) is 0.865. The molecule has 0 aliphatic heterocycles. The molecule has 0 unspecified atom stereocenters. The number of hydrogen-bond donors (Lipinski definition) is 2. The summed E-state index contributed by atoms with van der Waals surface area (Å²) in [5.41, 5.74) is 0.0472. The molecule has 0 aliphatic rings. The van der Waals surface area contributed by atoms with Gasteiger partial charge in [-0.15, -0.1) is 24.0 Å². The van der Waals surface area contributed by atoms with Gasteiger partial charge in [0.1, 0.15) is 0 Å². The first-order valence-electron chi connectivity index (χ1n) is 7.70. The van der Waals surface area contributed by atoms with E-state index in [1.165, 1.54) is 0 Å². The fourth-order valence-electron chi connectivity index (χ4n) is 1.38. The molecule has 0 spiro atoms. The smallest absolute Gasteiger partial charge is 0.191 e. The summed E-state index contributed by atoms with van der Waals surface area (Å²) in [4.78, 5) is 6.83. The quantitative estimate of drug-likeness (QED) is 0.226. The molecule has 134 valence electrons. The summed E-state index contributed by atoms with van der Waals surface area (Å²) in [6.45, 7) is 10.9. The van der Waals surface area contributed by atoms with Crippen molar-refractivity contribution in [3.8, 4) is 0 Å². The molecule has 0 aromatic carbocycles. The summed E-state index contributed by atoms with van der Waals surface area (Å²) < 4.78 is 10.4. The minimum absolute atomic E-state index is 0. The second-order valence-electron chi connectivity index (χ2n) is 5.79. The van der Waals surface area contributed by atoms with Gasteiger partial charge in [-0.1, -0.05) is 0 Å². The van der Waals surface area contributed by atoms with Crippen molar-refractivity contribution < 1.29 is 9.47 Å². The molecule has 0 saturated heterocycles. The van der Waals surface area contributed by atoms with E-state index in [0.717, 1.165) is 38.6 Å². The van der Waals surface area contributed by atoms with Gasteiger partial charge in [-0.2, -0.15) is 0 Å². The second kappa shape index (κ2) is 14.5. The topological polar surface area (TPSA) is 58.1 Å². The van der Waals surface area contributed by atoms with Gasteiger partial charge in [-0.25, -0.2) is 0 Å². The summed E-state index contributed by atoms with van der Waals surface area (Å²) in [5, 5.41) is 6.60. The van der Waals surface area contributed by atoms with Crippen molar-refractivity contribution in [3.63, 3.8) is 0 Å². The molecule has 0 heterocycles. The van der Waals surface area contributed by atoms with E-state index >= 15 is 0 Å². The van der Waals surface area contributed by atoms with Crippen LogP contribution in [0.25, 0.3) is 0 Å². The fourth-order valence-corrected chi connectivity index (χ4v) is 1.38. The molecule has 0 bridgehead atoms. The number of halogens is 1. The molecule has 0 rings (SSSR count). The first kappa shape index (κ1) is 24.1. The normalized spacial score (nSPS) is 12.2. The SMILES string of the molecule is CCNC(=NCC(C)(C)N(C)C)NCCCOCCOC.I. The van der Waals surface area contributed by atoms with Crippen molar-refractivity contribution in [2.24, 2.45) is 4.99 Å². The Kier molecular flexibility index (Phi) is 15.9. The lowest BCUT2D eigenvalue weighted by atomic mass is 10.1. The van der Waals surface area contributed by atoms with Crippen molar-refractivity contribution >= 4 is 29.9 Å². The fraction of sp³-hybridized carbons (Fsp3) is 0.933. The van der Waals surface area contributed by atoms with Gasteiger partial charge in [0, 0.05) is 32.3 Å². The lowest BCUT2D eigenvalue weighted by Gasteiger charge is -2.31. The van der Waals surface area contributed by atoms with E-state index in [1.54, 1.807) is 7.11 Å². The molecule has 22 heavy (non-hydrogen) atoms. The van der Waals surface area contributed by atoms with Gasteiger partial charge in [0.2, 0.25) is 0 Å². The Balaban J connectivity index is 0. The van der Waals surface area contributed by atoms with E-state index in [2.05, 4.69) is 55.4 Å². The van der Waals surface area contributed by atoms with Gasteiger partial charge >= 0.3 is 0 Å². The van der Waals surface area contributed by atoms with Gasteiger partial charge < -0.3 is 25.0 Å². The van der Waals surface area contributed by atoms with Crippen molar-refractivity contribution in [2.75, 3.05) is 60.7 Å². The largest absolute Gasteiger partial charge is 0.382 e. The highest BCUT2D eigenvalue weighted by molar-refractivity contribution is 14.0. The molecule has 0 aliphatic carbocycles. The third kappa shape index (κ3) is 12.4. The number of rotatable bonds is 11. The molecule has 6 nitrogen and oxygen atoms in total. The third-order valence-electron chi connectivity index (χ3n) is 3.37. The molecular weight excluding hydrogens is 395 g/mol. The van der Waals surface area contributed by atoms with E-state index in [-0.39, 0.29) is 29.5 Å². The Morgan fingerprint density at radius 1 is 1.14 bits per heavy atom. The first-order chi connectivity index (χ1) is 9.94. The highest BCUT2D eigenvalue weighted by Gasteiger charge is 2.19. The maximum Gasteiger partial charge on any atom is 0.191 e. The number of ether oxygens (including phenoxy) is 2. The van der Waals surface area contributed by atoms with E-state index in [0.29, 0.717) is 13.2 Å². The van der Waals surface area contributed by atoms with E-state index in [9.17, 15) is 0 Å². The van der Waals surface area contributed by atoms with Crippen molar-refractivity contribution in [2.45, 2.75) is 32.7 Å². The van der Waals surface area contributed by atoms with Gasteiger partial charge in [-0.05, 0) is 41.3 Å². The number of aliphatic imine (C=N–C) groups is 1. The minimum atomic E-state index is 0.